The van der Waals surface area contributed by atoms with Crippen LogP contribution in [-0.4, -0.2) is 16.5 Å². The molecule has 0 fully saturated rings. The quantitative estimate of drug-likeness (QED) is 0.847. The van der Waals surface area contributed by atoms with E-state index in [0.717, 1.165) is 47.3 Å². The van der Waals surface area contributed by atoms with Crippen molar-refractivity contribution in [2.75, 3.05) is 6.54 Å². The second-order valence-corrected chi connectivity index (χ2v) is 4.94. The summed E-state index contributed by atoms with van der Waals surface area (Å²) in [5, 5.41) is 4.08. The van der Waals surface area contributed by atoms with Crippen LogP contribution in [0.1, 0.15) is 24.7 Å². The van der Waals surface area contributed by atoms with E-state index in [1.54, 1.807) is 0 Å². The summed E-state index contributed by atoms with van der Waals surface area (Å²) in [5.41, 5.74) is 2.99. The molecule has 0 aliphatic heterocycles. The van der Waals surface area contributed by atoms with Crippen LogP contribution in [-0.2, 0) is 6.54 Å². The first-order valence-electron chi connectivity index (χ1n) is 6.50. The standard InChI is InChI=1S/C15H18ClN3/c1-3-8-17-10-14-9-11(2)18-15(19-14)12-4-6-13(16)7-5-12/h4-7,9,17H,3,8,10H2,1-2H3. The molecule has 0 spiro atoms. The fourth-order valence-corrected chi connectivity index (χ4v) is 1.97. The molecule has 19 heavy (non-hydrogen) atoms. The predicted molar refractivity (Wildman–Crippen MR) is 79.2 cm³/mol. The van der Waals surface area contributed by atoms with Crippen molar-refractivity contribution in [1.29, 1.82) is 0 Å². The maximum Gasteiger partial charge on any atom is 0.159 e. The highest BCUT2D eigenvalue weighted by Crippen LogP contribution is 2.18. The molecule has 3 nitrogen and oxygen atoms in total. The minimum atomic E-state index is 0.723. The third-order valence-corrected chi connectivity index (χ3v) is 2.99. The van der Waals surface area contributed by atoms with Crippen LogP contribution in [0, 0.1) is 6.92 Å². The van der Waals surface area contributed by atoms with E-state index < -0.39 is 0 Å². The van der Waals surface area contributed by atoms with Crippen LogP contribution in [0.15, 0.2) is 30.3 Å². The molecule has 100 valence electrons. The summed E-state index contributed by atoms with van der Waals surface area (Å²) in [7, 11) is 0. The van der Waals surface area contributed by atoms with Gasteiger partial charge < -0.3 is 5.32 Å². The van der Waals surface area contributed by atoms with Gasteiger partial charge in [-0.15, -0.1) is 0 Å². The first-order chi connectivity index (χ1) is 9.19. The Morgan fingerprint density at radius 3 is 2.58 bits per heavy atom. The fourth-order valence-electron chi connectivity index (χ4n) is 1.85. The van der Waals surface area contributed by atoms with Crippen LogP contribution in [0.5, 0.6) is 0 Å². The van der Waals surface area contributed by atoms with Crippen molar-refractivity contribution < 1.29 is 0 Å². The first kappa shape index (κ1) is 14.0. The van der Waals surface area contributed by atoms with E-state index in [1.807, 2.05) is 37.3 Å². The van der Waals surface area contributed by atoms with Gasteiger partial charge in [0.15, 0.2) is 5.82 Å². The monoisotopic (exact) mass is 275 g/mol. The van der Waals surface area contributed by atoms with Crippen LogP contribution >= 0.6 is 11.6 Å². The third-order valence-electron chi connectivity index (χ3n) is 2.74. The number of halogens is 1. The van der Waals surface area contributed by atoms with Gasteiger partial charge in [0.1, 0.15) is 0 Å². The molecule has 0 aliphatic carbocycles. The van der Waals surface area contributed by atoms with E-state index >= 15 is 0 Å². The molecule has 0 amide bonds. The van der Waals surface area contributed by atoms with E-state index in [1.165, 1.54) is 0 Å². The molecule has 4 heteroatoms. The number of aryl methyl sites for hydroxylation is 1. The predicted octanol–water partition coefficient (Wildman–Crippen LogP) is 3.61. The van der Waals surface area contributed by atoms with Crippen molar-refractivity contribution in [2.24, 2.45) is 0 Å². The second-order valence-electron chi connectivity index (χ2n) is 4.51. The van der Waals surface area contributed by atoms with Crippen molar-refractivity contribution in [3.8, 4) is 11.4 Å². The highest BCUT2D eigenvalue weighted by molar-refractivity contribution is 6.30. The van der Waals surface area contributed by atoms with E-state index in [4.69, 9.17) is 11.6 Å². The van der Waals surface area contributed by atoms with E-state index in [-0.39, 0.29) is 0 Å². The molecule has 0 saturated heterocycles. The lowest BCUT2D eigenvalue weighted by Gasteiger charge is -2.07. The summed E-state index contributed by atoms with van der Waals surface area (Å²) in [6.45, 7) is 5.92. The molecule has 1 aromatic heterocycles. The van der Waals surface area contributed by atoms with Crippen molar-refractivity contribution in [2.45, 2.75) is 26.8 Å². The van der Waals surface area contributed by atoms with Crippen LogP contribution in [0.4, 0.5) is 0 Å². The van der Waals surface area contributed by atoms with Gasteiger partial charge >= 0.3 is 0 Å². The summed E-state index contributed by atoms with van der Waals surface area (Å²) in [4.78, 5) is 9.07. The maximum atomic E-state index is 5.90. The van der Waals surface area contributed by atoms with Gasteiger partial charge in [0.2, 0.25) is 0 Å². The lowest BCUT2D eigenvalue weighted by molar-refractivity contribution is 0.663. The molecule has 2 aromatic rings. The number of hydrogen-bond acceptors (Lipinski definition) is 3. The summed E-state index contributed by atoms with van der Waals surface area (Å²) in [6.07, 6.45) is 1.12. The van der Waals surface area contributed by atoms with Crippen molar-refractivity contribution in [3.05, 3.63) is 46.7 Å². The Morgan fingerprint density at radius 2 is 1.89 bits per heavy atom. The van der Waals surface area contributed by atoms with Gasteiger partial charge in [0.05, 0.1) is 5.69 Å². The van der Waals surface area contributed by atoms with Crippen LogP contribution in [0.3, 0.4) is 0 Å². The van der Waals surface area contributed by atoms with Gasteiger partial charge in [-0.3, -0.25) is 0 Å². The second kappa shape index (κ2) is 6.64. The number of nitrogens with zero attached hydrogens (tertiary/aromatic N) is 2. The van der Waals surface area contributed by atoms with Gasteiger partial charge in [-0.05, 0) is 50.2 Å². The van der Waals surface area contributed by atoms with Gasteiger partial charge in [-0.2, -0.15) is 0 Å². The SMILES string of the molecule is CCCNCc1cc(C)nc(-c2ccc(Cl)cc2)n1. The van der Waals surface area contributed by atoms with Crippen molar-refractivity contribution in [1.82, 2.24) is 15.3 Å². The van der Waals surface area contributed by atoms with Crippen LogP contribution in [0.25, 0.3) is 11.4 Å². The zero-order chi connectivity index (χ0) is 13.7. The lowest BCUT2D eigenvalue weighted by atomic mass is 10.2. The Bertz CT molecular complexity index is 538. The number of rotatable bonds is 5. The van der Waals surface area contributed by atoms with Gasteiger partial charge in [0.25, 0.3) is 0 Å². The molecule has 0 saturated carbocycles. The molecular weight excluding hydrogens is 258 g/mol. The normalized spacial score (nSPS) is 10.7. The minimum absolute atomic E-state index is 0.723. The smallest absolute Gasteiger partial charge is 0.159 e. The Labute approximate surface area is 119 Å². The highest BCUT2D eigenvalue weighted by Gasteiger charge is 2.05. The zero-order valence-corrected chi connectivity index (χ0v) is 12.0. The summed E-state index contributed by atoms with van der Waals surface area (Å²) < 4.78 is 0. The Kier molecular flexibility index (Phi) is 4.88. The third kappa shape index (κ3) is 4.01. The molecule has 1 aromatic carbocycles. The van der Waals surface area contributed by atoms with Gasteiger partial charge in [-0.1, -0.05) is 18.5 Å². The first-order valence-corrected chi connectivity index (χ1v) is 6.88. The van der Waals surface area contributed by atoms with Gasteiger partial charge in [0, 0.05) is 22.8 Å². The van der Waals surface area contributed by atoms with Crippen molar-refractivity contribution >= 4 is 11.6 Å². The summed E-state index contributed by atoms with van der Waals surface area (Å²) in [6, 6.07) is 9.62. The summed E-state index contributed by atoms with van der Waals surface area (Å²) >= 11 is 5.90. The average Bonchev–Trinajstić information content (AvgIpc) is 2.39. The topological polar surface area (TPSA) is 37.8 Å². The molecule has 0 unspecified atom stereocenters. The van der Waals surface area contributed by atoms with E-state index in [9.17, 15) is 0 Å². The Morgan fingerprint density at radius 1 is 1.16 bits per heavy atom. The molecule has 0 aliphatic rings. The largest absolute Gasteiger partial charge is 0.311 e. The highest BCUT2D eigenvalue weighted by atomic mass is 35.5. The lowest BCUT2D eigenvalue weighted by Crippen LogP contribution is -2.15. The molecule has 0 radical (unpaired) electrons. The molecule has 0 atom stereocenters. The summed E-state index contributed by atoms with van der Waals surface area (Å²) in [5.74, 6) is 0.755. The number of nitrogens with one attached hydrogen (secondary N) is 1. The number of aromatic nitrogens is 2. The fraction of sp³-hybridized carbons (Fsp3) is 0.333. The molecule has 2 rings (SSSR count). The van der Waals surface area contributed by atoms with Crippen LogP contribution in [0.2, 0.25) is 5.02 Å². The molecule has 1 heterocycles. The Hall–Kier alpha value is -1.45. The van der Waals surface area contributed by atoms with Crippen LogP contribution < -0.4 is 5.32 Å². The van der Waals surface area contributed by atoms with Crippen molar-refractivity contribution in [3.63, 3.8) is 0 Å². The zero-order valence-electron chi connectivity index (χ0n) is 11.3. The molecular formula is C15H18ClN3. The minimum Gasteiger partial charge on any atom is -0.311 e. The molecule has 1 N–H and O–H groups in total. The maximum absolute atomic E-state index is 5.90. The Balaban J connectivity index is 2.23. The van der Waals surface area contributed by atoms with Gasteiger partial charge in [-0.25, -0.2) is 9.97 Å². The molecule has 0 bridgehead atoms. The van der Waals surface area contributed by atoms with E-state index in [2.05, 4.69) is 22.2 Å². The number of benzene rings is 1. The van der Waals surface area contributed by atoms with E-state index in [0.29, 0.717) is 0 Å². The average molecular weight is 276 g/mol. The number of hydrogen-bond donors (Lipinski definition) is 1.